The summed E-state index contributed by atoms with van der Waals surface area (Å²) in [6.07, 6.45) is 1.79. The number of carbonyl (C=O) groups is 1. The fourth-order valence-corrected chi connectivity index (χ4v) is 3.80. The zero-order valence-corrected chi connectivity index (χ0v) is 18.5. The molecule has 0 unspecified atom stereocenters. The Morgan fingerprint density at radius 2 is 1.97 bits per heavy atom. The van der Waals surface area contributed by atoms with Crippen molar-refractivity contribution in [2.75, 3.05) is 12.4 Å². The summed E-state index contributed by atoms with van der Waals surface area (Å²) >= 11 is 1.38. The Balaban J connectivity index is 1.79. The van der Waals surface area contributed by atoms with Crippen LogP contribution in [-0.2, 0) is 11.3 Å². The Morgan fingerprint density at radius 1 is 1.23 bits per heavy atom. The summed E-state index contributed by atoms with van der Waals surface area (Å²) in [5, 5.41) is 12.0. The van der Waals surface area contributed by atoms with E-state index in [1.807, 2.05) is 67.8 Å². The van der Waals surface area contributed by atoms with Crippen molar-refractivity contribution < 1.29 is 9.53 Å². The van der Waals surface area contributed by atoms with Crippen molar-refractivity contribution in [3.8, 4) is 17.1 Å². The number of ether oxygens (including phenoxy) is 1. The van der Waals surface area contributed by atoms with Gasteiger partial charge in [-0.2, -0.15) is 0 Å². The normalized spacial score (nSPS) is 11.7. The van der Waals surface area contributed by atoms with Gasteiger partial charge in [0.1, 0.15) is 5.75 Å². The predicted molar refractivity (Wildman–Crippen MR) is 122 cm³/mol. The third kappa shape index (κ3) is 4.91. The van der Waals surface area contributed by atoms with Crippen LogP contribution in [0, 0.1) is 13.8 Å². The molecule has 0 saturated carbocycles. The standard InChI is InChI=1S/C23H26N4O2S/c1-6-13-27-21(18-9-11-19(29-5)12-10-18)25-26-23(27)30-17(4)22(28)24-20-14-15(2)7-8-16(20)3/h6-12,14,17H,1,13H2,2-5H3,(H,24,28)/t17-/m1/s1. The zero-order chi connectivity index (χ0) is 21.7. The van der Waals surface area contributed by atoms with E-state index < -0.39 is 0 Å². The molecule has 3 rings (SSSR count). The van der Waals surface area contributed by atoms with E-state index in [9.17, 15) is 4.79 Å². The first kappa shape index (κ1) is 21.6. The van der Waals surface area contributed by atoms with Gasteiger partial charge in [-0.25, -0.2) is 0 Å². The fraction of sp³-hybridized carbons (Fsp3) is 0.261. The highest BCUT2D eigenvalue weighted by molar-refractivity contribution is 8.00. The zero-order valence-electron chi connectivity index (χ0n) is 17.7. The average molecular weight is 423 g/mol. The summed E-state index contributed by atoms with van der Waals surface area (Å²) in [5.41, 5.74) is 3.89. The maximum Gasteiger partial charge on any atom is 0.237 e. The largest absolute Gasteiger partial charge is 0.497 e. The molecule has 1 heterocycles. The first-order valence-corrected chi connectivity index (χ1v) is 10.5. The third-order valence-corrected chi connectivity index (χ3v) is 5.76. The van der Waals surface area contributed by atoms with Gasteiger partial charge in [-0.05, 0) is 62.2 Å². The lowest BCUT2D eigenvalue weighted by Crippen LogP contribution is -2.23. The number of thioether (sulfide) groups is 1. The summed E-state index contributed by atoms with van der Waals surface area (Å²) in [5.74, 6) is 1.43. The van der Waals surface area contributed by atoms with Crippen LogP contribution in [0.4, 0.5) is 5.69 Å². The number of nitrogens with zero attached hydrogens (tertiary/aromatic N) is 3. The number of anilines is 1. The van der Waals surface area contributed by atoms with Gasteiger partial charge in [0.25, 0.3) is 0 Å². The molecule has 0 radical (unpaired) electrons. The Kier molecular flexibility index (Phi) is 6.95. The van der Waals surface area contributed by atoms with E-state index in [1.54, 1.807) is 13.2 Å². The molecule has 0 aliphatic rings. The first-order valence-electron chi connectivity index (χ1n) is 9.66. The molecule has 1 amide bonds. The van der Waals surface area contributed by atoms with Gasteiger partial charge in [0.05, 0.1) is 12.4 Å². The lowest BCUT2D eigenvalue weighted by molar-refractivity contribution is -0.115. The molecule has 1 aromatic heterocycles. The maximum absolute atomic E-state index is 12.8. The minimum absolute atomic E-state index is 0.0761. The van der Waals surface area contributed by atoms with Crippen LogP contribution in [0.1, 0.15) is 18.1 Å². The fourth-order valence-electron chi connectivity index (χ4n) is 2.94. The second-order valence-electron chi connectivity index (χ2n) is 7.00. The Hall–Kier alpha value is -3.06. The van der Waals surface area contributed by atoms with Crippen molar-refractivity contribution in [2.24, 2.45) is 0 Å². The van der Waals surface area contributed by atoms with Gasteiger partial charge in [-0.15, -0.1) is 16.8 Å². The van der Waals surface area contributed by atoms with Crippen LogP contribution in [0.2, 0.25) is 0 Å². The molecule has 1 atom stereocenters. The number of allylic oxidation sites excluding steroid dienone is 1. The molecule has 0 aliphatic heterocycles. The first-order chi connectivity index (χ1) is 14.4. The summed E-state index contributed by atoms with van der Waals surface area (Å²) in [7, 11) is 1.63. The van der Waals surface area contributed by atoms with Gasteiger partial charge >= 0.3 is 0 Å². The van der Waals surface area contributed by atoms with E-state index in [0.29, 0.717) is 11.7 Å². The Labute approximate surface area is 181 Å². The van der Waals surface area contributed by atoms with Crippen molar-refractivity contribution >= 4 is 23.4 Å². The minimum atomic E-state index is -0.346. The molecule has 0 fully saturated rings. The summed E-state index contributed by atoms with van der Waals surface area (Å²) in [6.45, 7) is 10.2. The van der Waals surface area contributed by atoms with Gasteiger partial charge in [0, 0.05) is 17.8 Å². The molecule has 3 aromatic rings. The van der Waals surface area contributed by atoms with E-state index in [2.05, 4.69) is 22.1 Å². The summed E-state index contributed by atoms with van der Waals surface area (Å²) in [4.78, 5) is 12.8. The molecule has 0 aliphatic carbocycles. The number of amides is 1. The van der Waals surface area contributed by atoms with Crippen molar-refractivity contribution in [1.29, 1.82) is 0 Å². The number of aromatic nitrogens is 3. The molecule has 0 bridgehead atoms. The molecular weight excluding hydrogens is 396 g/mol. The quantitative estimate of drug-likeness (QED) is 0.414. The molecule has 0 saturated heterocycles. The topological polar surface area (TPSA) is 69.0 Å². The monoisotopic (exact) mass is 422 g/mol. The molecule has 7 heteroatoms. The van der Waals surface area contributed by atoms with Gasteiger partial charge < -0.3 is 10.1 Å². The smallest absolute Gasteiger partial charge is 0.237 e. The summed E-state index contributed by atoms with van der Waals surface area (Å²) < 4.78 is 7.18. The van der Waals surface area contributed by atoms with E-state index in [0.717, 1.165) is 34.0 Å². The molecule has 30 heavy (non-hydrogen) atoms. The highest BCUT2D eigenvalue weighted by Gasteiger charge is 2.21. The Morgan fingerprint density at radius 3 is 2.63 bits per heavy atom. The third-order valence-electron chi connectivity index (χ3n) is 4.68. The number of rotatable bonds is 8. The van der Waals surface area contributed by atoms with Crippen molar-refractivity contribution in [3.63, 3.8) is 0 Å². The van der Waals surface area contributed by atoms with Crippen LogP contribution in [0.5, 0.6) is 5.75 Å². The number of benzene rings is 2. The van der Waals surface area contributed by atoms with Crippen molar-refractivity contribution in [1.82, 2.24) is 14.8 Å². The molecule has 156 valence electrons. The van der Waals surface area contributed by atoms with E-state index in [-0.39, 0.29) is 11.2 Å². The van der Waals surface area contributed by atoms with Crippen LogP contribution in [0.3, 0.4) is 0 Å². The second kappa shape index (κ2) is 9.63. The van der Waals surface area contributed by atoms with Gasteiger partial charge in [0.2, 0.25) is 5.91 Å². The van der Waals surface area contributed by atoms with E-state index in [4.69, 9.17) is 4.74 Å². The number of hydrogen-bond acceptors (Lipinski definition) is 5. The van der Waals surface area contributed by atoms with Crippen LogP contribution < -0.4 is 10.1 Å². The van der Waals surface area contributed by atoms with Gasteiger partial charge in [-0.1, -0.05) is 30.0 Å². The molecule has 1 N–H and O–H groups in total. The maximum atomic E-state index is 12.8. The number of hydrogen-bond donors (Lipinski definition) is 1. The second-order valence-corrected chi connectivity index (χ2v) is 8.31. The van der Waals surface area contributed by atoms with E-state index >= 15 is 0 Å². The van der Waals surface area contributed by atoms with Crippen LogP contribution in [0.15, 0.2) is 60.3 Å². The number of methoxy groups -OCH3 is 1. The molecule has 0 spiro atoms. The van der Waals surface area contributed by atoms with Crippen LogP contribution >= 0.6 is 11.8 Å². The van der Waals surface area contributed by atoms with Crippen molar-refractivity contribution in [3.05, 3.63) is 66.2 Å². The average Bonchev–Trinajstić information content (AvgIpc) is 3.13. The van der Waals surface area contributed by atoms with Gasteiger partial charge in [-0.3, -0.25) is 9.36 Å². The highest BCUT2D eigenvalue weighted by Crippen LogP contribution is 2.29. The number of nitrogens with one attached hydrogen (secondary N) is 1. The lowest BCUT2D eigenvalue weighted by Gasteiger charge is -2.14. The van der Waals surface area contributed by atoms with Crippen LogP contribution in [0.25, 0.3) is 11.4 Å². The molecular formula is C23H26N4O2S. The van der Waals surface area contributed by atoms with E-state index in [1.165, 1.54) is 11.8 Å². The number of aryl methyl sites for hydroxylation is 2. The van der Waals surface area contributed by atoms with Gasteiger partial charge in [0.15, 0.2) is 11.0 Å². The molecule has 2 aromatic carbocycles. The predicted octanol–water partition coefficient (Wildman–Crippen LogP) is 4.88. The highest BCUT2D eigenvalue weighted by atomic mass is 32.2. The van der Waals surface area contributed by atoms with Crippen LogP contribution in [-0.4, -0.2) is 33.0 Å². The molecule has 6 nitrogen and oxygen atoms in total. The minimum Gasteiger partial charge on any atom is -0.497 e. The Bertz CT molecular complexity index is 1040. The SMILES string of the molecule is C=CCn1c(S[C@H](C)C(=O)Nc2cc(C)ccc2C)nnc1-c1ccc(OC)cc1. The number of carbonyl (C=O) groups excluding carboxylic acids is 1. The lowest BCUT2D eigenvalue weighted by atomic mass is 10.1. The summed E-state index contributed by atoms with van der Waals surface area (Å²) in [6, 6.07) is 13.7. The van der Waals surface area contributed by atoms with Crippen molar-refractivity contribution in [2.45, 2.75) is 37.7 Å².